The van der Waals surface area contributed by atoms with Crippen LogP contribution in [0.15, 0.2) is 41.7 Å². The average Bonchev–Trinajstić information content (AvgIpc) is 3.12. The van der Waals surface area contributed by atoms with Crippen LogP contribution in [0.3, 0.4) is 0 Å². The zero-order valence-electron chi connectivity index (χ0n) is 17.4. The fourth-order valence-corrected chi connectivity index (χ4v) is 5.00. The predicted octanol–water partition coefficient (Wildman–Crippen LogP) is 3.11. The summed E-state index contributed by atoms with van der Waals surface area (Å²) in [5.41, 5.74) is 2.16. The molecule has 0 spiro atoms. The third kappa shape index (κ3) is 5.54. The van der Waals surface area contributed by atoms with Crippen LogP contribution >= 0.6 is 0 Å². The van der Waals surface area contributed by atoms with Crippen LogP contribution in [-0.2, 0) is 34.1 Å². The SMILES string of the molecule is CCS(=O)(=O)c1ncc(CN2CCCC(C(C)=O)C2)n1CCCc1ccccc1. The van der Waals surface area contributed by atoms with Gasteiger partial charge >= 0.3 is 0 Å². The summed E-state index contributed by atoms with van der Waals surface area (Å²) in [6, 6.07) is 10.2. The van der Waals surface area contributed by atoms with Crippen molar-refractivity contribution in [3.05, 3.63) is 47.8 Å². The van der Waals surface area contributed by atoms with E-state index in [1.54, 1.807) is 20.0 Å². The number of carbonyl (C=O) groups is 1. The van der Waals surface area contributed by atoms with Crippen molar-refractivity contribution in [3.63, 3.8) is 0 Å². The van der Waals surface area contributed by atoms with E-state index in [4.69, 9.17) is 0 Å². The number of benzene rings is 1. The Bertz CT molecular complexity index is 922. The maximum atomic E-state index is 12.6. The highest BCUT2D eigenvalue weighted by molar-refractivity contribution is 7.91. The van der Waals surface area contributed by atoms with E-state index in [0.29, 0.717) is 13.1 Å². The number of piperidine rings is 1. The van der Waals surface area contributed by atoms with E-state index in [2.05, 4.69) is 22.0 Å². The minimum absolute atomic E-state index is 0.0399. The average molecular weight is 418 g/mol. The lowest BCUT2D eigenvalue weighted by Crippen LogP contribution is -2.38. The van der Waals surface area contributed by atoms with Crippen molar-refractivity contribution in [3.8, 4) is 0 Å². The van der Waals surface area contributed by atoms with Gasteiger partial charge in [-0.2, -0.15) is 0 Å². The summed E-state index contributed by atoms with van der Waals surface area (Å²) in [5, 5.41) is 0.170. The number of aryl methyl sites for hydroxylation is 1. The lowest BCUT2D eigenvalue weighted by molar-refractivity contribution is -0.122. The standard InChI is InChI=1S/C22H31N3O3S/c1-3-29(27,28)22-23-15-21(17-24-13-8-12-20(16-24)18(2)26)25(22)14-7-11-19-9-5-4-6-10-19/h4-6,9-10,15,20H,3,7-8,11-14,16-17H2,1-2H3. The fraction of sp³-hybridized carbons (Fsp3) is 0.545. The maximum absolute atomic E-state index is 12.6. The summed E-state index contributed by atoms with van der Waals surface area (Å²) >= 11 is 0. The van der Waals surface area contributed by atoms with E-state index in [0.717, 1.165) is 44.5 Å². The Hall–Kier alpha value is -1.99. The van der Waals surface area contributed by atoms with E-state index >= 15 is 0 Å². The summed E-state index contributed by atoms with van der Waals surface area (Å²) in [7, 11) is -3.39. The molecule has 0 bridgehead atoms. The molecule has 1 aromatic carbocycles. The minimum atomic E-state index is -3.39. The summed E-state index contributed by atoms with van der Waals surface area (Å²) < 4.78 is 27.0. The molecule has 0 amide bonds. The molecule has 0 N–H and O–H groups in total. The number of rotatable bonds is 9. The Labute approximate surface area is 173 Å². The lowest BCUT2D eigenvalue weighted by Gasteiger charge is -2.31. The maximum Gasteiger partial charge on any atom is 0.227 e. The van der Waals surface area contributed by atoms with Crippen LogP contribution in [0.25, 0.3) is 0 Å². The van der Waals surface area contributed by atoms with Crippen molar-refractivity contribution < 1.29 is 13.2 Å². The number of hydrogen-bond acceptors (Lipinski definition) is 5. The van der Waals surface area contributed by atoms with Gasteiger partial charge in [0.15, 0.2) is 0 Å². The number of ketones is 1. The smallest absolute Gasteiger partial charge is 0.227 e. The van der Waals surface area contributed by atoms with Crippen molar-refractivity contribution in [1.82, 2.24) is 14.5 Å². The highest BCUT2D eigenvalue weighted by Crippen LogP contribution is 2.21. The summed E-state index contributed by atoms with van der Waals surface area (Å²) in [5.74, 6) is 0.357. The van der Waals surface area contributed by atoms with Gasteiger partial charge in [-0.05, 0) is 44.7 Å². The van der Waals surface area contributed by atoms with Gasteiger partial charge in [0, 0.05) is 25.6 Å². The first-order chi connectivity index (χ1) is 13.9. The highest BCUT2D eigenvalue weighted by atomic mass is 32.2. The van der Waals surface area contributed by atoms with Gasteiger partial charge < -0.3 is 4.57 Å². The number of imidazole rings is 1. The fourth-order valence-electron chi connectivity index (χ4n) is 3.98. The molecule has 0 saturated carbocycles. The molecular weight excluding hydrogens is 386 g/mol. The molecule has 6 nitrogen and oxygen atoms in total. The van der Waals surface area contributed by atoms with Crippen molar-refractivity contribution in [2.75, 3.05) is 18.8 Å². The Morgan fingerprint density at radius 1 is 1.24 bits per heavy atom. The van der Waals surface area contributed by atoms with Crippen molar-refractivity contribution in [1.29, 1.82) is 0 Å². The third-order valence-electron chi connectivity index (χ3n) is 5.72. The zero-order valence-corrected chi connectivity index (χ0v) is 18.2. The molecule has 7 heteroatoms. The number of hydrogen-bond donors (Lipinski definition) is 0. The van der Waals surface area contributed by atoms with E-state index in [9.17, 15) is 13.2 Å². The topological polar surface area (TPSA) is 72.3 Å². The Morgan fingerprint density at radius 3 is 2.69 bits per heavy atom. The summed E-state index contributed by atoms with van der Waals surface area (Å²) in [6.45, 7) is 6.22. The molecule has 1 fully saturated rings. The van der Waals surface area contributed by atoms with Crippen LogP contribution in [0.2, 0.25) is 0 Å². The molecule has 2 aromatic rings. The molecule has 1 aromatic heterocycles. The minimum Gasteiger partial charge on any atom is -0.318 e. The number of likely N-dealkylation sites (tertiary alicyclic amines) is 1. The molecule has 1 atom stereocenters. The second kappa shape index (κ2) is 9.67. The highest BCUT2D eigenvalue weighted by Gasteiger charge is 2.26. The number of aromatic nitrogens is 2. The van der Waals surface area contributed by atoms with E-state index < -0.39 is 9.84 Å². The van der Waals surface area contributed by atoms with Gasteiger partial charge in [0.1, 0.15) is 5.78 Å². The molecule has 3 rings (SSSR count). The number of nitrogens with zero attached hydrogens (tertiary/aromatic N) is 3. The predicted molar refractivity (Wildman–Crippen MR) is 113 cm³/mol. The van der Waals surface area contributed by atoms with Crippen LogP contribution in [0.5, 0.6) is 0 Å². The molecule has 158 valence electrons. The quantitative estimate of drug-likeness (QED) is 0.627. The van der Waals surface area contributed by atoms with E-state index in [-0.39, 0.29) is 22.6 Å². The van der Waals surface area contributed by atoms with E-state index in [1.807, 2.05) is 22.8 Å². The third-order valence-corrected chi connectivity index (χ3v) is 7.36. The van der Waals surface area contributed by atoms with Crippen LogP contribution in [0.1, 0.15) is 44.4 Å². The van der Waals surface area contributed by atoms with Gasteiger partial charge in [-0.25, -0.2) is 13.4 Å². The summed E-state index contributed by atoms with van der Waals surface area (Å²) in [6.07, 6.45) is 5.36. The van der Waals surface area contributed by atoms with Gasteiger partial charge in [-0.1, -0.05) is 37.3 Å². The normalized spacial score (nSPS) is 18.1. The second-order valence-corrected chi connectivity index (χ2v) is 10.0. The molecule has 0 aliphatic carbocycles. The van der Waals surface area contributed by atoms with Crippen molar-refractivity contribution in [2.45, 2.75) is 57.8 Å². The van der Waals surface area contributed by atoms with Crippen molar-refractivity contribution >= 4 is 15.6 Å². The Morgan fingerprint density at radius 2 is 2.00 bits per heavy atom. The number of carbonyl (C=O) groups excluding carboxylic acids is 1. The van der Waals surface area contributed by atoms with Gasteiger partial charge in [0.05, 0.1) is 17.6 Å². The molecule has 0 radical (unpaired) electrons. The van der Waals surface area contributed by atoms with E-state index in [1.165, 1.54) is 5.56 Å². The van der Waals surface area contributed by atoms with Crippen LogP contribution in [0, 0.1) is 5.92 Å². The first-order valence-corrected chi connectivity index (χ1v) is 12.1. The summed E-state index contributed by atoms with van der Waals surface area (Å²) in [4.78, 5) is 18.3. The number of Topliss-reactive ketones (excluding diaryl/α,β-unsaturated/α-hetero) is 1. The number of sulfone groups is 1. The monoisotopic (exact) mass is 417 g/mol. The van der Waals surface area contributed by atoms with Crippen LogP contribution in [-0.4, -0.2) is 47.5 Å². The second-order valence-electron chi connectivity index (χ2n) is 7.86. The van der Waals surface area contributed by atoms with Gasteiger partial charge in [-0.15, -0.1) is 0 Å². The van der Waals surface area contributed by atoms with Gasteiger partial charge in [0.25, 0.3) is 0 Å². The molecule has 1 aliphatic heterocycles. The lowest BCUT2D eigenvalue weighted by atomic mass is 9.94. The molecule has 29 heavy (non-hydrogen) atoms. The molecule has 2 heterocycles. The zero-order chi connectivity index (χ0) is 20.9. The molecule has 1 aliphatic rings. The van der Waals surface area contributed by atoms with Gasteiger partial charge in [0.2, 0.25) is 15.0 Å². The van der Waals surface area contributed by atoms with Crippen LogP contribution < -0.4 is 0 Å². The van der Waals surface area contributed by atoms with Gasteiger partial charge in [-0.3, -0.25) is 9.69 Å². The molecular formula is C22H31N3O3S. The Kier molecular flexibility index (Phi) is 7.24. The van der Waals surface area contributed by atoms with Crippen molar-refractivity contribution in [2.24, 2.45) is 5.92 Å². The first kappa shape index (κ1) is 21.7. The molecule has 1 unspecified atom stereocenters. The largest absolute Gasteiger partial charge is 0.318 e. The molecule has 1 saturated heterocycles. The first-order valence-electron chi connectivity index (χ1n) is 10.4. The Balaban J connectivity index is 1.76. The van der Waals surface area contributed by atoms with Crippen LogP contribution in [0.4, 0.5) is 0 Å².